The van der Waals surface area contributed by atoms with Crippen molar-refractivity contribution in [3.63, 3.8) is 0 Å². The van der Waals surface area contributed by atoms with Gasteiger partial charge in [0, 0.05) is 0 Å². The van der Waals surface area contributed by atoms with Gasteiger partial charge in [0.2, 0.25) is 0 Å². The van der Waals surface area contributed by atoms with Gasteiger partial charge in [-0.05, 0) is 32.6 Å². The molecule has 1 aliphatic carbocycles. The summed E-state index contributed by atoms with van der Waals surface area (Å²) in [5.74, 6) is 0.158. The Labute approximate surface area is 114 Å². The van der Waals surface area contributed by atoms with Crippen LogP contribution in [0.2, 0.25) is 0 Å². The first kappa shape index (κ1) is 14.3. The maximum atomic E-state index is 12.6. The zero-order chi connectivity index (χ0) is 14.0. The van der Waals surface area contributed by atoms with E-state index < -0.39 is 5.54 Å². The molecule has 19 heavy (non-hydrogen) atoms. The lowest BCUT2D eigenvalue weighted by Gasteiger charge is -2.36. The van der Waals surface area contributed by atoms with Crippen LogP contribution in [0.15, 0.2) is 0 Å². The maximum absolute atomic E-state index is 12.6. The topological polar surface area (TPSA) is 58.6 Å². The van der Waals surface area contributed by atoms with Gasteiger partial charge in [0.25, 0.3) is 5.91 Å². The molecule has 0 bridgehead atoms. The minimum Gasteiger partial charge on any atom is -0.377 e. The second kappa shape index (κ2) is 5.49. The van der Waals surface area contributed by atoms with Crippen molar-refractivity contribution in [2.75, 3.05) is 13.2 Å². The molecule has 1 spiro atoms. The molecule has 2 rings (SSSR count). The summed E-state index contributed by atoms with van der Waals surface area (Å²) in [5.41, 5.74) is -0.646. The fraction of sp³-hybridized carbons (Fsp3) is 0.857. The molecule has 2 aliphatic rings. The van der Waals surface area contributed by atoms with Crippen molar-refractivity contribution >= 4 is 11.9 Å². The van der Waals surface area contributed by atoms with Gasteiger partial charge >= 0.3 is 6.03 Å². The Morgan fingerprint density at radius 3 is 2.79 bits per heavy atom. The van der Waals surface area contributed by atoms with E-state index in [2.05, 4.69) is 12.2 Å². The Morgan fingerprint density at radius 1 is 1.42 bits per heavy atom. The number of nitrogens with zero attached hydrogens (tertiary/aromatic N) is 1. The fourth-order valence-corrected chi connectivity index (χ4v) is 3.08. The van der Waals surface area contributed by atoms with Gasteiger partial charge in [0.15, 0.2) is 0 Å². The molecule has 0 aromatic carbocycles. The molecule has 1 aliphatic heterocycles. The molecule has 108 valence electrons. The SMILES string of the molecule is CC(C)OCCN1C(=O)N[C@]2(CCCC[C@H]2C)C1=O. The van der Waals surface area contributed by atoms with Crippen LogP contribution in [-0.2, 0) is 9.53 Å². The lowest BCUT2D eigenvalue weighted by atomic mass is 9.73. The Hall–Kier alpha value is -1.10. The van der Waals surface area contributed by atoms with E-state index in [1.807, 2.05) is 13.8 Å². The van der Waals surface area contributed by atoms with Gasteiger partial charge in [0.1, 0.15) is 5.54 Å². The van der Waals surface area contributed by atoms with Crippen LogP contribution in [0, 0.1) is 5.92 Å². The Kier molecular flexibility index (Phi) is 4.13. The van der Waals surface area contributed by atoms with E-state index in [0.717, 1.165) is 25.7 Å². The highest BCUT2D eigenvalue weighted by Gasteiger charge is 2.54. The first-order valence-electron chi connectivity index (χ1n) is 7.23. The third-order valence-electron chi connectivity index (χ3n) is 4.27. The number of rotatable bonds is 4. The van der Waals surface area contributed by atoms with Crippen LogP contribution in [-0.4, -0.2) is 41.6 Å². The smallest absolute Gasteiger partial charge is 0.325 e. The first-order chi connectivity index (χ1) is 8.97. The molecule has 3 amide bonds. The molecule has 5 nitrogen and oxygen atoms in total. The molecular formula is C14H24N2O3. The number of hydrogen-bond donors (Lipinski definition) is 1. The number of nitrogens with one attached hydrogen (secondary N) is 1. The molecule has 0 unspecified atom stereocenters. The van der Waals surface area contributed by atoms with Crippen LogP contribution in [0.5, 0.6) is 0 Å². The maximum Gasteiger partial charge on any atom is 0.325 e. The highest BCUT2D eigenvalue weighted by Crippen LogP contribution is 2.38. The zero-order valence-electron chi connectivity index (χ0n) is 12.1. The fourth-order valence-electron chi connectivity index (χ4n) is 3.08. The molecule has 1 saturated heterocycles. The molecule has 5 heteroatoms. The van der Waals surface area contributed by atoms with Crippen molar-refractivity contribution in [1.82, 2.24) is 10.2 Å². The summed E-state index contributed by atoms with van der Waals surface area (Å²) in [6, 6.07) is -0.258. The lowest BCUT2D eigenvalue weighted by molar-refractivity contribution is -0.134. The summed E-state index contributed by atoms with van der Waals surface area (Å²) in [6.07, 6.45) is 4.03. The van der Waals surface area contributed by atoms with Crippen molar-refractivity contribution in [2.45, 2.75) is 58.1 Å². The summed E-state index contributed by atoms with van der Waals surface area (Å²) in [7, 11) is 0. The number of ether oxygens (including phenoxy) is 1. The summed E-state index contributed by atoms with van der Waals surface area (Å²) in [4.78, 5) is 25.9. The summed E-state index contributed by atoms with van der Waals surface area (Å²) < 4.78 is 5.43. The van der Waals surface area contributed by atoms with E-state index in [1.165, 1.54) is 4.90 Å². The van der Waals surface area contributed by atoms with Gasteiger partial charge in [-0.1, -0.05) is 19.8 Å². The number of urea groups is 1. The Bertz CT molecular complexity index is 370. The van der Waals surface area contributed by atoms with Crippen LogP contribution < -0.4 is 5.32 Å². The van der Waals surface area contributed by atoms with E-state index in [4.69, 9.17) is 4.74 Å². The van der Waals surface area contributed by atoms with Crippen LogP contribution in [0.4, 0.5) is 4.79 Å². The zero-order valence-corrected chi connectivity index (χ0v) is 12.1. The highest BCUT2D eigenvalue weighted by molar-refractivity contribution is 6.07. The van der Waals surface area contributed by atoms with Crippen molar-refractivity contribution in [2.24, 2.45) is 5.92 Å². The molecular weight excluding hydrogens is 244 g/mol. The Balaban J connectivity index is 2.03. The van der Waals surface area contributed by atoms with Gasteiger partial charge in [-0.3, -0.25) is 9.69 Å². The van der Waals surface area contributed by atoms with Crippen molar-refractivity contribution < 1.29 is 14.3 Å². The summed E-state index contributed by atoms with van der Waals surface area (Å²) in [5, 5.41) is 2.94. The second-order valence-corrected chi connectivity index (χ2v) is 5.92. The number of carbonyl (C=O) groups is 2. The molecule has 0 radical (unpaired) electrons. The van der Waals surface area contributed by atoms with E-state index in [1.54, 1.807) is 0 Å². The number of amides is 3. The first-order valence-corrected chi connectivity index (χ1v) is 7.23. The van der Waals surface area contributed by atoms with Crippen molar-refractivity contribution in [3.8, 4) is 0 Å². The van der Waals surface area contributed by atoms with Gasteiger partial charge in [-0.2, -0.15) is 0 Å². The minimum atomic E-state index is -0.646. The van der Waals surface area contributed by atoms with E-state index >= 15 is 0 Å². The van der Waals surface area contributed by atoms with Crippen LogP contribution in [0.25, 0.3) is 0 Å². The average molecular weight is 268 g/mol. The third kappa shape index (κ3) is 2.61. The molecule has 0 aromatic rings. The molecule has 0 aromatic heterocycles. The average Bonchev–Trinajstić information content (AvgIpc) is 2.58. The summed E-state index contributed by atoms with van der Waals surface area (Å²) >= 11 is 0. The predicted octanol–water partition coefficient (Wildman–Crippen LogP) is 1.91. The molecule has 1 saturated carbocycles. The number of imide groups is 1. The van der Waals surface area contributed by atoms with Crippen molar-refractivity contribution in [1.29, 1.82) is 0 Å². The summed E-state index contributed by atoms with van der Waals surface area (Å²) in [6.45, 7) is 6.69. The largest absolute Gasteiger partial charge is 0.377 e. The van der Waals surface area contributed by atoms with Crippen LogP contribution in [0.1, 0.15) is 46.5 Å². The van der Waals surface area contributed by atoms with Crippen LogP contribution >= 0.6 is 0 Å². The van der Waals surface area contributed by atoms with Crippen LogP contribution in [0.3, 0.4) is 0 Å². The van der Waals surface area contributed by atoms with Gasteiger partial charge in [-0.25, -0.2) is 4.79 Å². The van der Waals surface area contributed by atoms with E-state index in [0.29, 0.717) is 13.2 Å². The second-order valence-electron chi connectivity index (χ2n) is 5.92. The van der Waals surface area contributed by atoms with Crippen molar-refractivity contribution in [3.05, 3.63) is 0 Å². The quantitative estimate of drug-likeness (QED) is 0.792. The molecule has 1 N–H and O–H groups in total. The molecule has 2 fully saturated rings. The minimum absolute atomic E-state index is 0.0583. The number of carbonyl (C=O) groups excluding carboxylic acids is 2. The molecule has 2 atom stereocenters. The normalized spacial score (nSPS) is 31.4. The number of hydrogen-bond acceptors (Lipinski definition) is 3. The predicted molar refractivity (Wildman–Crippen MR) is 71.7 cm³/mol. The highest BCUT2D eigenvalue weighted by atomic mass is 16.5. The standard InChI is InChI=1S/C14H24N2O3/c1-10(2)19-9-8-16-12(17)14(15-13(16)18)7-5-4-6-11(14)3/h10-11H,4-9H2,1-3H3,(H,15,18)/t11-,14+/m1/s1. The van der Waals surface area contributed by atoms with E-state index in [-0.39, 0.29) is 24.0 Å². The third-order valence-corrected chi connectivity index (χ3v) is 4.27. The lowest BCUT2D eigenvalue weighted by Crippen LogP contribution is -2.54. The monoisotopic (exact) mass is 268 g/mol. The Morgan fingerprint density at radius 2 is 2.16 bits per heavy atom. The van der Waals surface area contributed by atoms with Gasteiger partial charge in [0.05, 0.1) is 19.3 Å². The molecule has 1 heterocycles. The van der Waals surface area contributed by atoms with E-state index in [9.17, 15) is 9.59 Å². The van der Waals surface area contributed by atoms with Gasteiger partial charge < -0.3 is 10.1 Å². The van der Waals surface area contributed by atoms with Gasteiger partial charge in [-0.15, -0.1) is 0 Å².